The molecule has 0 saturated heterocycles. The van der Waals surface area contributed by atoms with E-state index in [0.717, 1.165) is 12.6 Å². The molecule has 2 aromatic rings. The maximum absolute atomic E-state index is 11.9. The van der Waals surface area contributed by atoms with Crippen molar-refractivity contribution in [3.05, 3.63) is 36.0 Å². The van der Waals surface area contributed by atoms with Crippen LogP contribution >= 0.6 is 0 Å². The number of nitrogen functional groups attached to an aromatic ring is 1. The summed E-state index contributed by atoms with van der Waals surface area (Å²) in [5, 5.41) is 6.07. The first-order valence-electron chi connectivity index (χ1n) is 5.50. The zero-order chi connectivity index (χ0) is 14.8. The zero-order valence-electron chi connectivity index (χ0n) is 10.5. The van der Waals surface area contributed by atoms with Crippen LogP contribution in [0.25, 0.3) is 0 Å². The molecule has 106 valence electrons. The molecule has 8 nitrogen and oxygen atoms in total. The third-order valence-corrected chi connectivity index (χ3v) is 3.53. The third-order valence-electron chi connectivity index (χ3n) is 2.43. The number of rotatable bonds is 4. The van der Waals surface area contributed by atoms with Gasteiger partial charge in [0, 0.05) is 17.5 Å². The van der Waals surface area contributed by atoms with Gasteiger partial charge >= 0.3 is 0 Å². The molecule has 0 saturated carbocycles. The second-order valence-electron chi connectivity index (χ2n) is 4.09. The molecule has 1 aromatic heterocycles. The van der Waals surface area contributed by atoms with Gasteiger partial charge in [-0.3, -0.25) is 4.79 Å². The molecule has 1 amide bonds. The molecule has 0 aliphatic carbocycles. The van der Waals surface area contributed by atoms with Gasteiger partial charge in [0.2, 0.25) is 6.39 Å². The van der Waals surface area contributed by atoms with Gasteiger partial charge in [0.25, 0.3) is 5.91 Å². The molecule has 1 aromatic carbocycles. The van der Waals surface area contributed by atoms with Gasteiger partial charge in [-0.2, -0.15) is 4.98 Å². The average Bonchev–Trinajstić information content (AvgIpc) is 2.87. The van der Waals surface area contributed by atoms with Gasteiger partial charge in [-0.1, -0.05) is 5.16 Å². The summed E-state index contributed by atoms with van der Waals surface area (Å²) in [5.74, 6) is -0.169. The van der Waals surface area contributed by atoms with Crippen LogP contribution < -0.4 is 11.1 Å². The van der Waals surface area contributed by atoms with Crippen molar-refractivity contribution in [2.45, 2.75) is 11.4 Å². The number of carbonyl (C=O) groups excluding carboxylic acids is 1. The summed E-state index contributed by atoms with van der Waals surface area (Å²) in [7, 11) is -3.44. The number of benzene rings is 1. The Hall–Kier alpha value is -2.42. The maximum Gasteiger partial charge on any atom is 0.251 e. The molecule has 0 spiro atoms. The molecular weight excluding hydrogens is 284 g/mol. The second-order valence-corrected chi connectivity index (χ2v) is 6.11. The van der Waals surface area contributed by atoms with Crippen LogP contribution in [0, 0.1) is 0 Å². The number of hydrogen-bond acceptors (Lipinski definition) is 7. The number of amides is 1. The summed E-state index contributed by atoms with van der Waals surface area (Å²) in [6.45, 7) is 0.0678. The van der Waals surface area contributed by atoms with Crippen molar-refractivity contribution in [2.24, 2.45) is 0 Å². The highest BCUT2D eigenvalue weighted by Gasteiger charge is 2.13. The minimum absolute atomic E-state index is 0.0118. The van der Waals surface area contributed by atoms with Crippen molar-refractivity contribution < 1.29 is 17.7 Å². The van der Waals surface area contributed by atoms with Crippen LogP contribution in [-0.4, -0.2) is 30.7 Å². The van der Waals surface area contributed by atoms with Crippen LogP contribution in [0.5, 0.6) is 0 Å². The van der Waals surface area contributed by atoms with E-state index in [1.54, 1.807) is 0 Å². The summed E-state index contributed by atoms with van der Waals surface area (Å²) in [6.07, 6.45) is 2.19. The van der Waals surface area contributed by atoms with Gasteiger partial charge in [-0.15, -0.1) is 0 Å². The van der Waals surface area contributed by atoms with E-state index in [-0.39, 0.29) is 22.7 Å². The standard InChI is InChI=1S/C11H12N4O4S/c1-20(17,18)9-3-7(2-8(12)4-9)11(16)13-5-10-14-6-19-15-10/h2-4,6H,5,12H2,1H3,(H,13,16). The van der Waals surface area contributed by atoms with Crippen molar-refractivity contribution in [1.29, 1.82) is 0 Å². The highest BCUT2D eigenvalue weighted by Crippen LogP contribution is 2.16. The van der Waals surface area contributed by atoms with E-state index in [1.807, 2.05) is 0 Å². The molecule has 0 aliphatic heterocycles. The molecule has 20 heavy (non-hydrogen) atoms. The molecule has 1 heterocycles. The van der Waals surface area contributed by atoms with Crippen molar-refractivity contribution in [3.63, 3.8) is 0 Å². The summed E-state index contributed by atoms with van der Waals surface area (Å²) in [6, 6.07) is 3.95. The fraction of sp³-hybridized carbons (Fsp3) is 0.182. The Balaban J connectivity index is 2.19. The van der Waals surface area contributed by atoms with E-state index in [4.69, 9.17) is 5.73 Å². The topological polar surface area (TPSA) is 128 Å². The first-order valence-corrected chi connectivity index (χ1v) is 7.39. The highest BCUT2D eigenvalue weighted by atomic mass is 32.2. The molecule has 0 radical (unpaired) electrons. The SMILES string of the molecule is CS(=O)(=O)c1cc(N)cc(C(=O)NCc2ncon2)c1. The van der Waals surface area contributed by atoms with Gasteiger partial charge in [-0.25, -0.2) is 8.42 Å². The second kappa shape index (κ2) is 5.29. The Labute approximate surface area is 114 Å². The molecular formula is C11H12N4O4S. The molecule has 0 fully saturated rings. The largest absolute Gasteiger partial charge is 0.399 e. The first-order chi connectivity index (χ1) is 9.36. The van der Waals surface area contributed by atoms with E-state index < -0.39 is 15.7 Å². The molecule has 0 bridgehead atoms. The van der Waals surface area contributed by atoms with Crippen LogP contribution in [-0.2, 0) is 16.4 Å². The lowest BCUT2D eigenvalue weighted by molar-refractivity contribution is 0.0949. The van der Waals surface area contributed by atoms with Crippen molar-refractivity contribution in [1.82, 2.24) is 15.5 Å². The molecule has 0 aliphatic rings. The molecule has 0 unspecified atom stereocenters. The summed E-state index contributed by atoms with van der Waals surface area (Å²) in [5.41, 5.74) is 5.94. The fourth-order valence-corrected chi connectivity index (χ4v) is 2.19. The number of aromatic nitrogens is 2. The molecule has 9 heteroatoms. The maximum atomic E-state index is 11.9. The lowest BCUT2D eigenvalue weighted by Crippen LogP contribution is -2.23. The highest BCUT2D eigenvalue weighted by molar-refractivity contribution is 7.90. The van der Waals surface area contributed by atoms with Gasteiger partial charge in [0.1, 0.15) is 0 Å². The minimum atomic E-state index is -3.44. The Morgan fingerprint density at radius 1 is 1.40 bits per heavy atom. The normalized spacial score (nSPS) is 11.2. The quantitative estimate of drug-likeness (QED) is 0.759. The van der Waals surface area contributed by atoms with Crippen molar-refractivity contribution in [3.8, 4) is 0 Å². The van der Waals surface area contributed by atoms with Crippen LogP contribution in [0.1, 0.15) is 16.2 Å². The number of hydrogen-bond donors (Lipinski definition) is 2. The molecule has 0 atom stereocenters. The van der Waals surface area contributed by atoms with Crippen LogP contribution in [0.3, 0.4) is 0 Å². The lowest BCUT2D eigenvalue weighted by Gasteiger charge is -2.06. The van der Waals surface area contributed by atoms with E-state index in [1.165, 1.54) is 18.2 Å². The van der Waals surface area contributed by atoms with Gasteiger partial charge < -0.3 is 15.6 Å². The summed E-state index contributed by atoms with van der Waals surface area (Å²) >= 11 is 0. The number of nitrogens with two attached hydrogens (primary N) is 1. The minimum Gasteiger partial charge on any atom is -0.399 e. The van der Waals surface area contributed by atoms with Gasteiger partial charge in [0.05, 0.1) is 11.4 Å². The predicted octanol–water partition coefficient (Wildman–Crippen LogP) is -0.0147. The monoisotopic (exact) mass is 296 g/mol. The van der Waals surface area contributed by atoms with E-state index in [9.17, 15) is 13.2 Å². The number of sulfone groups is 1. The molecule has 2 rings (SSSR count). The number of nitrogens with zero attached hydrogens (tertiary/aromatic N) is 2. The third kappa shape index (κ3) is 3.32. The number of carbonyl (C=O) groups is 1. The number of nitrogens with one attached hydrogen (secondary N) is 1. The predicted molar refractivity (Wildman–Crippen MR) is 69.4 cm³/mol. The average molecular weight is 296 g/mol. The molecule has 3 N–H and O–H groups in total. The zero-order valence-corrected chi connectivity index (χ0v) is 11.3. The summed E-state index contributed by atoms with van der Waals surface area (Å²) < 4.78 is 27.5. The van der Waals surface area contributed by atoms with E-state index in [2.05, 4.69) is 20.0 Å². The Morgan fingerprint density at radius 3 is 2.75 bits per heavy atom. The van der Waals surface area contributed by atoms with E-state index in [0.29, 0.717) is 5.82 Å². The van der Waals surface area contributed by atoms with Gasteiger partial charge in [-0.05, 0) is 18.2 Å². The van der Waals surface area contributed by atoms with Crippen LogP contribution in [0.15, 0.2) is 34.0 Å². The Morgan fingerprint density at radius 2 is 2.15 bits per heavy atom. The van der Waals surface area contributed by atoms with Crippen molar-refractivity contribution in [2.75, 3.05) is 12.0 Å². The first kappa shape index (κ1) is 14.0. The Bertz CT molecular complexity index is 725. The van der Waals surface area contributed by atoms with Crippen LogP contribution in [0.2, 0.25) is 0 Å². The van der Waals surface area contributed by atoms with Gasteiger partial charge in [0.15, 0.2) is 15.7 Å². The van der Waals surface area contributed by atoms with Crippen LogP contribution in [0.4, 0.5) is 5.69 Å². The van der Waals surface area contributed by atoms with Crippen molar-refractivity contribution >= 4 is 21.4 Å². The number of anilines is 1. The van der Waals surface area contributed by atoms with E-state index >= 15 is 0 Å². The summed E-state index contributed by atoms with van der Waals surface area (Å²) in [4.78, 5) is 15.7. The Kier molecular flexibility index (Phi) is 3.70. The fourth-order valence-electron chi connectivity index (χ4n) is 1.50. The lowest BCUT2D eigenvalue weighted by atomic mass is 10.2. The smallest absolute Gasteiger partial charge is 0.251 e.